The second-order valence-electron chi connectivity index (χ2n) is 8.95. The van der Waals surface area contributed by atoms with Crippen LogP contribution in [0.15, 0.2) is 36.4 Å². The molecule has 0 saturated carbocycles. The quantitative estimate of drug-likeness (QED) is 0.326. The number of hydrogen-bond acceptors (Lipinski definition) is 2. The van der Waals surface area contributed by atoms with Crippen molar-refractivity contribution >= 4 is 28.7 Å². The molecular formula is C25H37N3S. The van der Waals surface area contributed by atoms with Gasteiger partial charge in [-0.3, -0.25) is 10.9 Å². The summed E-state index contributed by atoms with van der Waals surface area (Å²) in [6, 6.07) is 13.0. The van der Waals surface area contributed by atoms with Crippen molar-refractivity contribution in [2.75, 3.05) is 10.7 Å². The van der Waals surface area contributed by atoms with Crippen LogP contribution in [-0.4, -0.2) is 5.11 Å². The van der Waals surface area contributed by atoms with E-state index in [0.717, 1.165) is 11.4 Å². The van der Waals surface area contributed by atoms with E-state index in [9.17, 15) is 0 Å². The van der Waals surface area contributed by atoms with Crippen LogP contribution in [0, 0.1) is 0 Å². The van der Waals surface area contributed by atoms with Crippen LogP contribution in [-0.2, 0) is 0 Å². The van der Waals surface area contributed by atoms with E-state index < -0.39 is 0 Å². The fourth-order valence-electron chi connectivity index (χ4n) is 3.65. The zero-order chi connectivity index (χ0) is 21.7. The average molecular weight is 412 g/mol. The fourth-order valence-corrected chi connectivity index (χ4v) is 3.81. The maximum absolute atomic E-state index is 5.66. The molecule has 0 saturated heterocycles. The van der Waals surface area contributed by atoms with Gasteiger partial charge in [-0.05, 0) is 58.1 Å². The van der Waals surface area contributed by atoms with Crippen molar-refractivity contribution in [3.05, 3.63) is 58.7 Å². The van der Waals surface area contributed by atoms with Crippen LogP contribution in [0.1, 0.15) is 101 Å². The van der Waals surface area contributed by atoms with Gasteiger partial charge in [0, 0.05) is 5.69 Å². The molecule has 158 valence electrons. The summed E-state index contributed by atoms with van der Waals surface area (Å²) in [7, 11) is 0. The van der Waals surface area contributed by atoms with E-state index in [1.165, 1.54) is 22.3 Å². The number of benzene rings is 2. The predicted molar refractivity (Wildman–Crippen MR) is 132 cm³/mol. The molecule has 0 aliphatic carbocycles. The van der Waals surface area contributed by atoms with Crippen molar-refractivity contribution in [1.82, 2.24) is 5.43 Å². The molecular weight excluding hydrogens is 374 g/mol. The Bertz CT molecular complexity index is 785. The normalized spacial score (nSPS) is 11.4. The SMILES string of the molecule is CC(C)c1cccc(C(C)C)c1NNC(=S)Nc1c(C(C)C)cccc1C(C)C. The Labute approximate surface area is 182 Å². The molecule has 0 spiro atoms. The van der Waals surface area contributed by atoms with Crippen molar-refractivity contribution in [3.8, 4) is 0 Å². The van der Waals surface area contributed by atoms with E-state index in [4.69, 9.17) is 12.2 Å². The van der Waals surface area contributed by atoms with Crippen LogP contribution in [0.25, 0.3) is 0 Å². The van der Waals surface area contributed by atoms with Crippen LogP contribution in [0.5, 0.6) is 0 Å². The van der Waals surface area contributed by atoms with Crippen molar-refractivity contribution in [2.24, 2.45) is 0 Å². The molecule has 0 aliphatic heterocycles. The molecule has 0 bridgehead atoms. The van der Waals surface area contributed by atoms with Crippen LogP contribution >= 0.6 is 12.2 Å². The Balaban J connectivity index is 2.27. The summed E-state index contributed by atoms with van der Waals surface area (Å²) in [5, 5.41) is 4.04. The predicted octanol–water partition coefficient (Wildman–Crippen LogP) is 7.49. The summed E-state index contributed by atoms with van der Waals surface area (Å²) in [6.45, 7) is 17.7. The van der Waals surface area contributed by atoms with Crippen LogP contribution in [0.2, 0.25) is 0 Å². The molecule has 3 N–H and O–H groups in total. The molecule has 3 nitrogen and oxygen atoms in total. The highest BCUT2D eigenvalue weighted by Gasteiger charge is 2.16. The first kappa shape index (κ1) is 23.2. The highest BCUT2D eigenvalue weighted by atomic mass is 32.1. The second kappa shape index (κ2) is 10.1. The molecule has 29 heavy (non-hydrogen) atoms. The van der Waals surface area contributed by atoms with Gasteiger partial charge in [-0.15, -0.1) is 0 Å². The van der Waals surface area contributed by atoms with Gasteiger partial charge >= 0.3 is 0 Å². The average Bonchev–Trinajstić information content (AvgIpc) is 2.65. The molecule has 2 aromatic carbocycles. The molecule has 0 amide bonds. The Morgan fingerprint density at radius 1 is 0.621 bits per heavy atom. The summed E-state index contributed by atoms with van der Waals surface area (Å²) < 4.78 is 0. The summed E-state index contributed by atoms with van der Waals surface area (Å²) in [5.74, 6) is 1.69. The van der Waals surface area contributed by atoms with Crippen molar-refractivity contribution < 1.29 is 0 Å². The highest BCUT2D eigenvalue weighted by molar-refractivity contribution is 7.80. The third-order valence-corrected chi connectivity index (χ3v) is 5.49. The van der Waals surface area contributed by atoms with Crippen molar-refractivity contribution in [3.63, 3.8) is 0 Å². The fraction of sp³-hybridized carbons (Fsp3) is 0.480. The van der Waals surface area contributed by atoms with Crippen LogP contribution < -0.4 is 16.2 Å². The van der Waals surface area contributed by atoms with E-state index in [2.05, 4.69) is 108 Å². The maximum Gasteiger partial charge on any atom is 0.189 e. The number of rotatable bonds is 7. The number of anilines is 2. The minimum absolute atomic E-state index is 0.418. The lowest BCUT2D eigenvalue weighted by Crippen LogP contribution is -2.35. The third-order valence-electron chi connectivity index (χ3n) is 5.29. The van der Waals surface area contributed by atoms with Gasteiger partial charge in [-0.25, -0.2) is 0 Å². The lowest BCUT2D eigenvalue weighted by molar-refractivity contribution is 0.830. The minimum Gasteiger partial charge on any atom is -0.331 e. The standard InChI is InChI=1S/C25H37N3S/c1-15(2)19-11-9-12-20(16(3)4)23(19)26-25(29)28-27-24-21(17(5)6)13-10-14-22(24)18(7)8/h9-18,27H,1-8H3,(H2,26,28,29). The first-order valence-corrected chi connectivity index (χ1v) is 11.1. The number of hydrogen-bond donors (Lipinski definition) is 3. The summed E-state index contributed by atoms with van der Waals surface area (Å²) in [6.07, 6.45) is 0. The van der Waals surface area contributed by atoms with Crippen molar-refractivity contribution in [2.45, 2.75) is 79.1 Å². The largest absolute Gasteiger partial charge is 0.331 e. The van der Waals surface area contributed by atoms with E-state index >= 15 is 0 Å². The van der Waals surface area contributed by atoms with E-state index in [1.807, 2.05) is 0 Å². The smallest absolute Gasteiger partial charge is 0.189 e. The molecule has 0 aliphatic rings. The number of para-hydroxylation sites is 2. The monoisotopic (exact) mass is 411 g/mol. The highest BCUT2D eigenvalue weighted by Crippen LogP contribution is 2.33. The van der Waals surface area contributed by atoms with Gasteiger partial charge < -0.3 is 5.32 Å². The molecule has 0 aromatic heterocycles. The van der Waals surface area contributed by atoms with Crippen LogP contribution in [0.4, 0.5) is 11.4 Å². The summed E-state index contributed by atoms with van der Waals surface area (Å²) >= 11 is 5.66. The number of nitrogens with one attached hydrogen (secondary N) is 3. The Morgan fingerprint density at radius 3 is 1.31 bits per heavy atom. The van der Waals surface area contributed by atoms with Gasteiger partial charge in [-0.2, -0.15) is 0 Å². The maximum atomic E-state index is 5.66. The van der Waals surface area contributed by atoms with E-state index in [0.29, 0.717) is 28.8 Å². The Hall–Kier alpha value is -2.07. The summed E-state index contributed by atoms with van der Waals surface area (Å²) in [4.78, 5) is 0. The zero-order valence-corrected chi connectivity index (χ0v) is 20.0. The van der Waals surface area contributed by atoms with Gasteiger partial charge in [0.15, 0.2) is 5.11 Å². The lowest BCUT2D eigenvalue weighted by Gasteiger charge is -2.24. The summed E-state index contributed by atoms with van der Waals surface area (Å²) in [5.41, 5.74) is 14.0. The first-order chi connectivity index (χ1) is 13.6. The molecule has 0 heterocycles. The minimum atomic E-state index is 0.418. The van der Waals surface area contributed by atoms with Gasteiger partial charge in [0.2, 0.25) is 0 Å². The molecule has 2 rings (SSSR count). The molecule has 0 unspecified atom stereocenters. The molecule has 0 atom stereocenters. The first-order valence-electron chi connectivity index (χ1n) is 10.7. The number of thiocarbonyl (C=S) groups is 1. The molecule has 0 radical (unpaired) electrons. The second-order valence-corrected chi connectivity index (χ2v) is 9.35. The van der Waals surface area contributed by atoms with E-state index in [1.54, 1.807) is 0 Å². The van der Waals surface area contributed by atoms with Crippen LogP contribution in [0.3, 0.4) is 0 Å². The van der Waals surface area contributed by atoms with Gasteiger partial charge in [0.05, 0.1) is 5.69 Å². The molecule has 4 heteroatoms. The third kappa shape index (κ3) is 5.72. The molecule has 2 aromatic rings. The van der Waals surface area contributed by atoms with Gasteiger partial charge in [-0.1, -0.05) is 91.8 Å². The van der Waals surface area contributed by atoms with Gasteiger partial charge in [0.25, 0.3) is 0 Å². The van der Waals surface area contributed by atoms with Crippen molar-refractivity contribution in [1.29, 1.82) is 0 Å². The lowest BCUT2D eigenvalue weighted by atomic mass is 9.93. The number of hydrazine groups is 1. The Kier molecular flexibility index (Phi) is 8.09. The topological polar surface area (TPSA) is 36.1 Å². The van der Waals surface area contributed by atoms with E-state index in [-0.39, 0.29) is 0 Å². The Morgan fingerprint density at radius 2 is 0.966 bits per heavy atom. The van der Waals surface area contributed by atoms with Gasteiger partial charge in [0.1, 0.15) is 0 Å². The molecule has 0 fully saturated rings. The zero-order valence-electron chi connectivity index (χ0n) is 19.2.